The Hall–Kier alpha value is -2.93. The van der Waals surface area contributed by atoms with Crippen LogP contribution in [-0.4, -0.2) is 21.2 Å². The van der Waals surface area contributed by atoms with Crippen LogP contribution in [0.2, 0.25) is 0 Å². The maximum atomic E-state index is 12.9. The van der Waals surface area contributed by atoms with Crippen LogP contribution >= 0.6 is 34.4 Å². The van der Waals surface area contributed by atoms with E-state index in [9.17, 15) is 9.59 Å². The summed E-state index contributed by atoms with van der Waals surface area (Å²) in [5, 5.41) is 16.6. The van der Waals surface area contributed by atoms with Gasteiger partial charge in [-0.15, -0.1) is 22.7 Å². The van der Waals surface area contributed by atoms with Gasteiger partial charge in [0.05, 0.1) is 23.6 Å². The summed E-state index contributed by atoms with van der Waals surface area (Å²) in [5.74, 6) is -0.0534. The highest BCUT2D eigenvalue weighted by molar-refractivity contribution is 7.99. The first-order chi connectivity index (χ1) is 14.6. The standard InChI is InChI=1S/C21H16N4O2S3/c1-25-20(27)18-15(16-3-2-10-28-16)11-29-19(18)24-21(25)30-12-17(26)23-14-6-4-13(5-7-14)8-9-22/h2-7,10-11H,8,12H2,1H3,(H,23,26). The summed E-state index contributed by atoms with van der Waals surface area (Å²) in [7, 11) is 1.68. The Kier molecular flexibility index (Phi) is 5.99. The molecule has 150 valence electrons. The van der Waals surface area contributed by atoms with E-state index in [1.807, 2.05) is 35.0 Å². The molecule has 30 heavy (non-hydrogen) atoms. The van der Waals surface area contributed by atoms with Gasteiger partial charge in [-0.2, -0.15) is 5.26 Å². The number of thioether (sulfide) groups is 1. The smallest absolute Gasteiger partial charge is 0.263 e. The molecule has 0 saturated heterocycles. The fourth-order valence-corrected chi connectivity index (χ4v) is 5.49. The number of carbonyl (C=O) groups excluding carboxylic acids is 1. The molecule has 0 bridgehead atoms. The summed E-state index contributed by atoms with van der Waals surface area (Å²) in [6, 6.07) is 13.2. The number of nitrogens with zero attached hydrogens (tertiary/aromatic N) is 3. The van der Waals surface area contributed by atoms with Crippen molar-refractivity contribution < 1.29 is 4.79 Å². The number of nitrogens with one attached hydrogen (secondary N) is 1. The first-order valence-corrected chi connectivity index (χ1v) is 11.7. The second kappa shape index (κ2) is 8.83. The van der Waals surface area contributed by atoms with Crippen molar-refractivity contribution in [1.82, 2.24) is 9.55 Å². The van der Waals surface area contributed by atoms with E-state index in [1.165, 1.54) is 27.7 Å². The van der Waals surface area contributed by atoms with Gasteiger partial charge in [-0.25, -0.2) is 4.98 Å². The van der Waals surface area contributed by atoms with Gasteiger partial charge in [0.2, 0.25) is 5.91 Å². The normalized spacial score (nSPS) is 10.8. The Morgan fingerprint density at radius 1 is 1.27 bits per heavy atom. The maximum Gasteiger partial charge on any atom is 0.263 e. The molecule has 0 aliphatic heterocycles. The van der Waals surface area contributed by atoms with Crippen LogP contribution in [0.15, 0.2) is 57.1 Å². The highest BCUT2D eigenvalue weighted by Crippen LogP contribution is 2.34. The van der Waals surface area contributed by atoms with Crippen molar-refractivity contribution in [1.29, 1.82) is 5.26 Å². The minimum absolute atomic E-state index is 0.111. The third kappa shape index (κ3) is 4.16. The van der Waals surface area contributed by atoms with E-state index in [2.05, 4.69) is 16.4 Å². The van der Waals surface area contributed by atoms with E-state index in [4.69, 9.17) is 5.26 Å². The van der Waals surface area contributed by atoms with Gasteiger partial charge in [-0.3, -0.25) is 14.2 Å². The van der Waals surface area contributed by atoms with Crippen molar-refractivity contribution in [2.75, 3.05) is 11.1 Å². The zero-order chi connectivity index (χ0) is 21.1. The number of amides is 1. The van der Waals surface area contributed by atoms with Crippen molar-refractivity contribution >= 4 is 56.2 Å². The lowest BCUT2D eigenvalue weighted by molar-refractivity contribution is -0.113. The first kappa shape index (κ1) is 20.3. The molecule has 6 nitrogen and oxygen atoms in total. The molecule has 1 amide bonds. The largest absolute Gasteiger partial charge is 0.325 e. The molecular formula is C21H16N4O2S3. The van der Waals surface area contributed by atoms with E-state index in [1.54, 1.807) is 30.5 Å². The molecule has 1 aromatic carbocycles. The lowest BCUT2D eigenvalue weighted by Crippen LogP contribution is -2.21. The predicted octanol–water partition coefficient (Wildman–Crippen LogP) is 4.52. The van der Waals surface area contributed by atoms with Crippen LogP contribution in [0.4, 0.5) is 5.69 Å². The van der Waals surface area contributed by atoms with Gasteiger partial charge >= 0.3 is 0 Å². The SMILES string of the molecule is Cn1c(SCC(=O)Nc2ccc(CC#N)cc2)nc2scc(-c3cccs3)c2c1=O. The minimum atomic E-state index is -0.187. The van der Waals surface area contributed by atoms with E-state index in [0.29, 0.717) is 27.5 Å². The molecule has 0 fully saturated rings. The molecule has 0 atom stereocenters. The number of benzene rings is 1. The molecule has 3 aromatic heterocycles. The molecule has 4 aromatic rings. The van der Waals surface area contributed by atoms with Gasteiger partial charge in [0.1, 0.15) is 4.83 Å². The lowest BCUT2D eigenvalue weighted by Gasteiger charge is -2.08. The fourth-order valence-electron chi connectivity index (χ4n) is 2.92. The van der Waals surface area contributed by atoms with Gasteiger partial charge in [-0.1, -0.05) is 30.0 Å². The topological polar surface area (TPSA) is 87.8 Å². The minimum Gasteiger partial charge on any atom is -0.325 e. The summed E-state index contributed by atoms with van der Waals surface area (Å²) in [4.78, 5) is 31.6. The van der Waals surface area contributed by atoms with Crippen LogP contribution < -0.4 is 10.9 Å². The van der Waals surface area contributed by atoms with Crippen LogP contribution in [0.3, 0.4) is 0 Å². The zero-order valence-electron chi connectivity index (χ0n) is 15.9. The molecule has 0 saturated carbocycles. The first-order valence-electron chi connectivity index (χ1n) is 8.97. The summed E-state index contributed by atoms with van der Waals surface area (Å²) in [6.07, 6.45) is 0.336. The number of hydrogen-bond acceptors (Lipinski definition) is 7. The molecule has 0 unspecified atom stereocenters. The molecule has 0 spiro atoms. The van der Waals surface area contributed by atoms with Crippen molar-refractivity contribution in [3.05, 3.63) is 63.1 Å². The van der Waals surface area contributed by atoms with Crippen LogP contribution in [0.5, 0.6) is 0 Å². The molecule has 3 heterocycles. The van der Waals surface area contributed by atoms with Gasteiger partial charge in [-0.05, 0) is 29.1 Å². The van der Waals surface area contributed by atoms with Crippen molar-refractivity contribution in [3.63, 3.8) is 0 Å². The lowest BCUT2D eigenvalue weighted by atomic mass is 10.1. The Morgan fingerprint density at radius 2 is 2.07 bits per heavy atom. The third-order valence-electron chi connectivity index (χ3n) is 4.41. The highest BCUT2D eigenvalue weighted by atomic mass is 32.2. The van der Waals surface area contributed by atoms with Crippen LogP contribution in [0, 0.1) is 11.3 Å². The Morgan fingerprint density at radius 3 is 2.77 bits per heavy atom. The number of aromatic nitrogens is 2. The third-order valence-corrected chi connectivity index (χ3v) is 7.22. The molecule has 0 aliphatic carbocycles. The van der Waals surface area contributed by atoms with Gasteiger partial charge in [0.15, 0.2) is 5.16 Å². The van der Waals surface area contributed by atoms with Crippen LogP contribution in [-0.2, 0) is 18.3 Å². The van der Waals surface area contributed by atoms with Crippen molar-refractivity contribution in [2.45, 2.75) is 11.6 Å². The molecular weight excluding hydrogens is 436 g/mol. The zero-order valence-corrected chi connectivity index (χ0v) is 18.4. The summed E-state index contributed by atoms with van der Waals surface area (Å²) in [6.45, 7) is 0. The Balaban J connectivity index is 1.49. The summed E-state index contributed by atoms with van der Waals surface area (Å²) in [5.41, 5.74) is 2.36. The van der Waals surface area contributed by atoms with Crippen LogP contribution in [0.1, 0.15) is 5.56 Å². The Bertz CT molecular complexity index is 1300. The van der Waals surface area contributed by atoms with E-state index < -0.39 is 0 Å². The van der Waals surface area contributed by atoms with E-state index >= 15 is 0 Å². The second-order valence-corrected chi connectivity index (χ2v) is 9.18. The second-order valence-electron chi connectivity index (χ2n) is 6.43. The Labute approximate surface area is 184 Å². The fraction of sp³-hybridized carbons (Fsp3) is 0.143. The number of rotatable bonds is 6. The highest BCUT2D eigenvalue weighted by Gasteiger charge is 2.17. The monoisotopic (exact) mass is 452 g/mol. The molecule has 0 radical (unpaired) electrons. The maximum absolute atomic E-state index is 12.9. The number of fused-ring (bicyclic) bond motifs is 1. The van der Waals surface area contributed by atoms with E-state index in [0.717, 1.165) is 16.0 Å². The predicted molar refractivity (Wildman–Crippen MR) is 123 cm³/mol. The van der Waals surface area contributed by atoms with Crippen LogP contribution in [0.25, 0.3) is 20.7 Å². The van der Waals surface area contributed by atoms with Gasteiger partial charge in [0, 0.05) is 28.6 Å². The number of nitriles is 1. The molecule has 0 aliphatic rings. The number of anilines is 1. The van der Waals surface area contributed by atoms with Crippen molar-refractivity contribution in [2.24, 2.45) is 7.05 Å². The number of carbonyl (C=O) groups is 1. The summed E-state index contributed by atoms with van der Waals surface area (Å²) < 4.78 is 1.50. The quantitative estimate of drug-likeness (QED) is 0.343. The van der Waals surface area contributed by atoms with Gasteiger partial charge < -0.3 is 5.32 Å². The van der Waals surface area contributed by atoms with Crippen molar-refractivity contribution in [3.8, 4) is 16.5 Å². The number of hydrogen-bond donors (Lipinski definition) is 1. The molecule has 4 rings (SSSR count). The number of thiophene rings is 2. The molecule has 1 N–H and O–H groups in total. The average Bonchev–Trinajstić information content (AvgIpc) is 3.41. The average molecular weight is 453 g/mol. The van der Waals surface area contributed by atoms with Gasteiger partial charge in [0.25, 0.3) is 5.56 Å². The summed E-state index contributed by atoms with van der Waals surface area (Å²) >= 11 is 4.25. The molecule has 9 heteroatoms. The van der Waals surface area contributed by atoms with E-state index in [-0.39, 0.29) is 17.2 Å².